The summed E-state index contributed by atoms with van der Waals surface area (Å²) >= 11 is 1.17. The molecule has 1 N–H and O–H groups in total. The third-order valence-electron chi connectivity index (χ3n) is 4.24. The molecule has 0 atom stereocenters. The highest BCUT2D eigenvalue weighted by molar-refractivity contribution is 7.93. The smallest absolute Gasteiger partial charge is 0.351 e. The maximum Gasteiger partial charge on any atom is 0.452 e. The van der Waals surface area contributed by atoms with Crippen molar-refractivity contribution in [2.45, 2.75) is 38.8 Å². The van der Waals surface area contributed by atoms with Gasteiger partial charge in [0.25, 0.3) is 10.0 Å². The van der Waals surface area contributed by atoms with Gasteiger partial charge in [-0.2, -0.15) is 13.2 Å². The van der Waals surface area contributed by atoms with Gasteiger partial charge < -0.3 is 4.52 Å². The number of para-hydroxylation sites is 1. The van der Waals surface area contributed by atoms with E-state index >= 15 is 0 Å². The van der Waals surface area contributed by atoms with Crippen LogP contribution < -0.4 is 4.72 Å². The summed E-state index contributed by atoms with van der Waals surface area (Å²) in [5, 5.41) is 3.46. The van der Waals surface area contributed by atoms with E-state index in [0.717, 1.165) is 11.1 Å². The number of benzene rings is 1. The SMILES string of the molecule is Cc1cccc(C)c1NS(=O)(=O)c1c(C)sc(C)c1-c1cc(C(F)(F)F)on1. The van der Waals surface area contributed by atoms with Crippen LogP contribution in [0.4, 0.5) is 18.9 Å². The van der Waals surface area contributed by atoms with Crippen molar-refractivity contribution in [3.05, 3.63) is 50.9 Å². The third kappa shape index (κ3) is 3.66. The lowest BCUT2D eigenvalue weighted by Crippen LogP contribution is -2.16. The van der Waals surface area contributed by atoms with Crippen molar-refractivity contribution < 1.29 is 26.1 Å². The highest BCUT2D eigenvalue weighted by Crippen LogP contribution is 2.41. The molecule has 5 nitrogen and oxygen atoms in total. The first-order chi connectivity index (χ1) is 12.9. The second-order valence-electron chi connectivity index (χ2n) is 6.37. The van der Waals surface area contributed by atoms with Gasteiger partial charge in [0.1, 0.15) is 10.6 Å². The normalized spacial score (nSPS) is 12.4. The predicted molar refractivity (Wildman–Crippen MR) is 101 cm³/mol. The summed E-state index contributed by atoms with van der Waals surface area (Å²) in [6.45, 7) is 6.77. The topological polar surface area (TPSA) is 72.2 Å². The van der Waals surface area contributed by atoms with Gasteiger partial charge >= 0.3 is 6.18 Å². The average molecular weight is 430 g/mol. The van der Waals surface area contributed by atoms with Crippen LogP contribution >= 0.6 is 11.3 Å². The summed E-state index contributed by atoms with van der Waals surface area (Å²) in [6.07, 6.45) is -4.71. The van der Waals surface area contributed by atoms with E-state index in [1.165, 1.54) is 11.3 Å². The molecular weight excluding hydrogens is 413 g/mol. The molecule has 0 unspecified atom stereocenters. The average Bonchev–Trinajstić information content (AvgIpc) is 3.15. The largest absolute Gasteiger partial charge is 0.452 e. The fraction of sp³-hybridized carbons (Fsp3) is 0.278. The fourth-order valence-electron chi connectivity index (χ4n) is 2.97. The van der Waals surface area contributed by atoms with Crippen LogP contribution in [0.15, 0.2) is 33.7 Å². The van der Waals surface area contributed by atoms with Crippen LogP contribution in [0, 0.1) is 27.7 Å². The van der Waals surface area contributed by atoms with Crippen molar-refractivity contribution in [3.63, 3.8) is 0 Å². The minimum atomic E-state index is -4.71. The lowest BCUT2D eigenvalue weighted by Gasteiger charge is -2.14. The molecule has 0 fully saturated rings. The van der Waals surface area contributed by atoms with Crippen LogP contribution in [0.5, 0.6) is 0 Å². The summed E-state index contributed by atoms with van der Waals surface area (Å²) in [5.74, 6) is -1.28. The molecule has 0 spiro atoms. The molecule has 10 heteroatoms. The van der Waals surface area contributed by atoms with E-state index in [9.17, 15) is 21.6 Å². The zero-order valence-corrected chi connectivity index (χ0v) is 17.1. The molecule has 2 heterocycles. The number of hydrogen-bond donors (Lipinski definition) is 1. The second-order valence-corrected chi connectivity index (χ2v) is 9.41. The van der Waals surface area contributed by atoms with Crippen molar-refractivity contribution >= 4 is 27.0 Å². The van der Waals surface area contributed by atoms with Gasteiger partial charge in [-0.1, -0.05) is 23.4 Å². The van der Waals surface area contributed by atoms with E-state index in [1.54, 1.807) is 39.8 Å². The Bertz CT molecular complexity index is 1130. The Morgan fingerprint density at radius 2 is 1.68 bits per heavy atom. The van der Waals surface area contributed by atoms with E-state index in [1.807, 2.05) is 6.07 Å². The molecule has 2 aromatic heterocycles. The van der Waals surface area contributed by atoms with Crippen molar-refractivity contribution in [3.8, 4) is 11.3 Å². The molecule has 0 saturated carbocycles. The van der Waals surface area contributed by atoms with Crippen LogP contribution in [0.25, 0.3) is 11.3 Å². The first-order valence-corrected chi connectivity index (χ1v) is 10.4. The molecule has 3 aromatic rings. The lowest BCUT2D eigenvalue weighted by molar-refractivity contribution is -0.155. The van der Waals surface area contributed by atoms with E-state index < -0.39 is 22.0 Å². The number of nitrogens with zero attached hydrogens (tertiary/aromatic N) is 1. The third-order valence-corrected chi connectivity index (χ3v) is 6.91. The van der Waals surface area contributed by atoms with Gasteiger partial charge in [0, 0.05) is 21.4 Å². The molecule has 0 amide bonds. The van der Waals surface area contributed by atoms with Crippen LogP contribution in [-0.2, 0) is 16.2 Å². The molecule has 3 rings (SSSR count). The van der Waals surface area contributed by atoms with Gasteiger partial charge in [0.2, 0.25) is 5.76 Å². The highest BCUT2D eigenvalue weighted by atomic mass is 32.2. The number of rotatable bonds is 4. The van der Waals surface area contributed by atoms with Crippen molar-refractivity contribution in [1.29, 1.82) is 0 Å². The molecular formula is C18H17F3N2O3S2. The van der Waals surface area contributed by atoms with Gasteiger partial charge in [0.05, 0.1) is 5.69 Å². The first-order valence-electron chi connectivity index (χ1n) is 8.15. The summed E-state index contributed by atoms with van der Waals surface area (Å²) < 4.78 is 71.9. The standard InChI is InChI=1S/C18H17F3N2O3S2/c1-9-6-5-7-10(2)16(9)23-28(24,25)17-12(4)27-11(3)15(17)13-8-14(26-22-13)18(19,20)21/h5-8,23H,1-4H3. The Hall–Kier alpha value is -2.33. The summed E-state index contributed by atoms with van der Waals surface area (Å²) in [4.78, 5) is 0.879. The number of aryl methyl sites for hydroxylation is 4. The zero-order valence-electron chi connectivity index (χ0n) is 15.4. The Kier molecular flexibility index (Phi) is 5.05. The van der Waals surface area contributed by atoms with Crippen LogP contribution in [0.2, 0.25) is 0 Å². The van der Waals surface area contributed by atoms with E-state index in [4.69, 9.17) is 0 Å². The number of hydrogen-bond acceptors (Lipinski definition) is 5. The molecule has 0 aliphatic rings. The molecule has 0 saturated heterocycles. The molecule has 0 aliphatic heterocycles. The maximum atomic E-state index is 13.2. The Balaban J connectivity index is 2.14. The molecule has 28 heavy (non-hydrogen) atoms. The van der Waals surface area contributed by atoms with Crippen LogP contribution in [0.3, 0.4) is 0 Å². The maximum absolute atomic E-state index is 13.2. The number of thiophene rings is 1. The van der Waals surface area contributed by atoms with Crippen molar-refractivity contribution in [2.75, 3.05) is 4.72 Å². The Morgan fingerprint density at radius 1 is 1.07 bits per heavy atom. The minimum absolute atomic E-state index is 0.0975. The van der Waals surface area contributed by atoms with Gasteiger partial charge in [0.15, 0.2) is 0 Å². The van der Waals surface area contributed by atoms with E-state index in [-0.39, 0.29) is 16.2 Å². The number of nitrogens with one attached hydrogen (secondary N) is 1. The molecule has 1 aromatic carbocycles. The molecule has 0 aliphatic carbocycles. The molecule has 150 valence electrons. The lowest BCUT2D eigenvalue weighted by atomic mass is 10.1. The summed E-state index contributed by atoms with van der Waals surface area (Å²) in [5.41, 5.74) is 1.84. The van der Waals surface area contributed by atoms with Gasteiger partial charge in [-0.05, 0) is 38.8 Å². The number of halogens is 3. The number of anilines is 1. The van der Waals surface area contributed by atoms with Crippen molar-refractivity contribution in [1.82, 2.24) is 5.16 Å². The molecule has 0 bridgehead atoms. The fourth-order valence-corrected chi connectivity index (χ4v) is 6.05. The number of alkyl halides is 3. The zero-order chi connectivity index (χ0) is 20.9. The number of aromatic nitrogens is 1. The summed E-state index contributed by atoms with van der Waals surface area (Å²) in [7, 11) is -4.08. The highest BCUT2D eigenvalue weighted by Gasteiger charge is 2.37. The van der Waals surface area contributed by atoms with Crippen LogP contribution in [0.1, 0.15) is 26.6 Å². The van der Waals surface area contributed by atoms with Crippen LogP contribution in [-0.4, -0.2) is 13.6 Å². The monoisotopic (exact) mass is 430 g/mol. The van der Waals surface area contributed by atoms with Gasteiger partial charge in [-0.15, -0.1) is 11.3 Å². The minimum Gasteiger partial charge on any atom is -0.351 e. The predicted octanol–water partition coefficient (Wildman–Crippen LogP) is 5.46. The number of sulfonamides is 1. The quantitative estimate of drug-likeness (QED) is 0.597. The first kappa shape index (κ1) is 20.4. The summed E-state index contributed by atoms with van der Waals surface area (Å²) in [6, 6.07) is 6.06. The van der Waals surface area contributed by atoms with E-state index in [0.29, 0.717) is 21.5 Å². The second kappa shape index (κ2) is 6.93. The Morgan fingerprint density at radius 3 is 2.21 bits per heavy atom. The molecule has 0 radical (unpaired) electrons. The Labute approximate surface area is 164 Å². The van der Waals surface area contributed by atoms with Gasteiger partial charge in [-0.25, -0.2) is 8.42 Å². The van der Waals surface area contributed by atoms with Crippen molar-refractivity contribution in [2.24, 2.45) is 0 Å². The van der Waals surface area contributed by atoms with E-state index in [2.05, 4.69) is 14.4 Å². The van der Waals surface area contributed by atoms with Gasteiger partial charge in [-0.3, -0.25) is 4.72 Å².